The molecule has 2 unspecified atom stereocenters. The minimum atomic E-state index is -3.96. The van der Waals surface area contributed by atoms with Gasteiger partial charge in [0, 0.05) is 0 Å². The quantitative estimate of drug-likeness (QED) is 0.397. The average Bonchev–Trinajstić information content (AvgIpc) is 3.48. The molecular weight excluding hydrogens is 396 g/mol. The Morgan fingerprint density at radius 1 is 0.931 bits per heavy atom. The topological polar surface area (TPSA) is 99.3 Å². The van der Waals surface area contributed by atoms with Gasteiger partial charge in [-0.1, -0.05) is 45.4 Å². The Labute approximate surface area is 171 Å². The van der Waals surface area contributed by atoms with E-state index in [4.69, 9.17) is 14.2 Å². The average molecular weight is 425 g/mol. The van der Waals surface area contributed by atoms with Crippen molar-refractivity contribution in [2.45, 2.75) is 62.9 Å². The minimum Gasteiger partial charge on any atom is -0.496 e. The number of unbranched alkanes of at least 4 members (excludes halogenated alkanes) is 6. The second-order valence-electron chi connectivity index (χ2n) is 7.52. The second-order valence-corrected chi connectivity index (χ2v) is 9.76. The van der Waals surface area contributed by atoms with E-state index < -0.39 is 32.4 Å². The predicted octanol–water partition coefficient (Wildman–Crippen LogP) is 3.34. The van der Waals surface area contributed by atoms with Gasteiger partial charge in [-0.3, -0.25) is 9.59 Å². The van der Waals surface area contributed by atoms with Crippen LogP contribution in [0.4, 0.5) is 0 Å². The van der Waals surface area contributed by atoms with Gasteiger partial charge in [0.1, 0.15) is 11.5 Å². The van der Waals surface area contributed by atoms with Crippen LogP contribution < -0.4 is 9.47 Å². The van der Waals surface area contributed by atoms with Crippen molar-refractivity contribution in [3.63, 3.8) is 0 Å². The number of carbonyl (C=O) groups excluding carboxylic acids is 2. The third kappa shape index (κ3) is 3.57. The Morgan fingerprint density at radius 3 is 2.07 bits per heavy atom. The van der Waals surface area contributed by atoms with Crippen LogP contribution in [0.5, 0.6) is 11.5 Å². The number of Topliss-reactive ketones (excluding diaryl/α,β-unsaturated/α-hetero) is 2. The van der Waals surface area contributed by atoms with E-state index in [2.05, 4.69) is 6.92 Å². The number of ether oxygens (including phenoxy) is 3. The highest BCUT2D eigenvalue weighted by atomic mass is 32.2. The van der Waals surface area contributed by atoms with Crippen molar-refractivity contribution in [3.8, 4) is 11.5 Å². The lowest BCUT2D eigenvalue weighted by atomic mass is 9.87. The molecule has 0 aromatic heterocycles. The molecule has 3 rings (SSSR count). The van der Waals surface area contributed by atoms with E-state index in [0.29, 0.717) is 6.42 Å². The number of carbonyl (C=O) groups is 2. The molecule has 1 aromatic rings. The Morgan fingerprint density at radius 2 is 1.48 bits per heavy atom. The van der Waals surface area contributed by atoms with Crippen LogP contribution in [0.25, 0.3) is 0 Å². The largest absolute Gasteiger partial charge is 0.496 e. The number of rotatable bonds is 11. The van der Waals surface area contributed by atoms with E-state index >= 15 is 0 Å². The first-order valence-corrected chi connectivity index (χ1v) is 11.7. The molecule has 0 bridgehead atoms. The first-order valence-electron chi connectivity index (χ1n) is 10.1. The van der Waals surface area contributed by atoms with Gasteiger partial charge in [-0.05, 0) is 18.6 Å². The molecule has 1 aliphatic carbocycles. The number of epoxide rings is 1. The molecule has 0 amide bonds. The summed E-state index contributed by atoms with van der Waals surface area (Å²) >= 11 is 0. The van der Waals surface area contributed by atoms with Crippen molar-refractivity contribution in [1.82, 2.24) is 0 Å². The molecule has 1 aliphatic heterocycles. The maximum atomic E-state index is 13.2. The molecule has 1 saturated heterocycles. The summed E-state index contributed by atoms with van der Waals surface area (Å²) in [7, 11) is -1.22. The number of ketones is 2. The van der Waals surface area contributed by atoms with E-state index in [-0.39, 0.29) is 28.4 Å². The third-order valence-corrected chi connectivity index (χ3v) is 7.90. The highest BCUT2D eigenvalue weighted by molar-refractivity contribution is 7.93. The fourth-order valence-electron chi connectivity index (χ4n) is 4.00. The number of hydrogen-bond acceptors (Lipinski definition) is 7. The molecular formula is C21H28O7S. The number of sulfone groups is 1. The van der Waals surface area contributed by atoms with Crippen LogP contribution in [0.1, 0.15) is 72.6 Å². The predicted molar refractivity (Wildman–Crippen MR) is 108 cm³/mol. The zero-order chi connectivity index (χ0) is 21.2. The van der Waals surface area contributed by atoms with Gasteiger partial charge >= 0.3 is 0 Å². The molecule has 2 atom stereocenters. The molecule has 8 heteroatoms. The molecule has 2 aliphatic rings. The molecule has 0 saturated carbocycles. The van der Waals surface area contributed by atoms with Crippen LogP contribution in [0, 0.1) is 0 Å². The van der Waals surface area contributed by atoms with Gasteiger partial charge in [-0.25, -0.2) is 8.42 Å². The number of hydrogen-bond donors (Lipinski definition) is 0. The Hall–Kier alpha value is -1.93. The van der Waals surface area contributed by atoms with Crippen molar-refractivity contribution in [2.75, 3.05) is 20.0 Å². The molecule has 0 N–H and O–H groups in total. The lowest BCUT2D eigenvalue weighted by Crippen LogP contribution is -2.44. The highest BCUT2D eigenvalue weighted by Crippen LogP contribution is 2.53. The number of methoxy groups -OCH3 is 2. The second kappa shape index (κ2) is 8.44. The fraction of sp³-hybridized carbons (Fsp3) is 0.619. The van der Waals surface area contributed by atoms with Crippen LogP contribution >= 0.6 is 0 Å². The van der Waals surface area contributed by atoms with Crippen molar-refractivity contribution in [2.24, 2.45) is 0 Å². The first-order chi connectivity index (χ1) is 13.9. The zero-order valence-corrected chi connectivity index (χ0v) is 18.0. The van der Waals surface area contributed by atoms with Crippen LogP contribution in [0.15, 0.2) is 12.1 Å². The van der Waals surface area contributed by atoms with Crippen molar-refractivity contribution < 1.29 is 32.2 Å². The summed E-state index contributed by atoms with van der Waals surface area (Å²) in [6.07, 6.45) is 5.39. The molecule has 7 nitrogen and oxygen atoms in total. The van der Waals surface area contributed by atoms with Gasteiger partial charge in [-0.15, -0.1) is 0 Å². The third-order valence-electron chi connectivity index (χ3n) is 5.66. The van der Waals surface area contributed by atoms with Gasteiger partial charge in [0.2, 0.25) is 11.6 Å². The number of benzene rings is 1. The summed E-state index contributed by atoms with van der Waals surface area (Å²) in [6, 6.07) is 3.01. The van der Waals surface area contributed by atoms with Gasteiger partial charge in [-0.2, -0.15) is 0 Å². The SMILES string of the molecule is CCCCCCCCCS(=O)(=O)C12OC1C(=O)c1c(OC)ccc(OC)c1C2=O. The Kier molecular flexibility index (Phi) is 6.33. The molecule has 0 radical (unpaired) electrons. The molecule has 160 valence electrons. The van der Waals surface area contributed by atoms with Crippen molar-refractivity contribution in [3.05, 3.63) is 23.3 Å². The standard InChI is InChI=1S/C21H28O7S/c1-4-5-6-7-8-9-10-13-29(24,25)21-19(23)17-15(27-3)12-11-14(26-2)16(17)18(22)20(21)28-21/h11-12,20H,4-10,13H2,1-3H3. The van der Waals surface area contributed by atoms with Crippen molar-refractivity contribution >= 4 is 21.4 Å². The molecule has 1 heterocycles. The molecule has 0 spiro atoms. The molecule has 1 aromatic carbocycles. The Balaban J connectivity index is 1.80. The zero-order valence-electron chi connectivity index (χ0n) is 17.2. The Bertz CT molecular complexity index is 906. The summed E-state index contributed by atoms with van der Waals surface area (Å²) in [4.78, 5) is 24.0. The summed E-state index contributed by atoms with van der Waals surface area (Å²) in [5.74, 6) is -1.14. The summed E-state index contributed by atoms with van der Waals surface area (Å²) < 4.78 is 41.8. The molecule has 1 fully saturated rings. The van der Waals surface area contributed by atoms with E-state index in [9.17, 15) is 18.0 Å². The van der Waals surface area contributed by atoms with Gasteiger partial charge in [0.25, 0.3) is 4.93 Å². The van der Waals surface area contributed by atoms with Gasteiger partial charge in [0.05, 0.1) is 31.1 Å². The fourth-order valence-corrected chi connectivity index (χ4v) is 5.95. The highest BCUT2D eigenvalue weighted by Gasteiger charge is 2.77. The normalized spacial score (nSPS) is 22.8. The monoisotopic (exact) mass is 424 g/mol. The van der Waals surface area contributed by atoms with Crippen molar-refractivity contribution in [1.29, 1.82) is 0 Å². The maximum absolute atomic E-state index is 13.2. The lowest BCUT2D eigenvalue weighted by Gasteiger charge is -2.22. The van der Waals surface area contributed by atoms with Gasteiger partial charge in [0.15, 0.2) is 15.9 Å². The summed E-state index contributed by atoms with van der Waals surface area (Å²) in [5, 5.41) is 0. The van der Waals surface area contributed by atoms with E-state index in [1.165, 1.54) is 32.8 Å². The van der Waals surface area contributed by atoms with Gasteiger partial charge < -0.3 is 14.2 Å². The molecule has 29 heavy (non-hydrogen) atoms. The summed E-state index contributed by atoms with van der Waals surface area (Å²) in [6.45, 7) is 2.14. The van der Waals surface area contributed by atoms with Crippen LogP contribution in [-0.2, 0) is 14.6 Å². The van der Waals surface area contributed by atoms with E-state index in [0.717, 1.165) is 32.1 Å². The smallest absolute Gasteiger partial charge is 0.267 e. The first kappa shape index (κ1) is 21.8. The van der Waals surface area contributed by atoms with Crippen LogP contribution in [0.2, 0.25) is 0 Å². The lowest BCUT2D eigenvalue weighted by molar-refractivity contribution is 0.0902. The maximum Gasteiger partial charge on any atom is 0.267 e. The van der Waals surface area contributed by atoms with E-state index in [1.807, 2.05) is 0 Å². The minimum absolute atomic E-state index is 0.0288. The van der Waals surface area contributed by atoms with E-state index in [1.54, 1.807) is 0 Å². The number of fused-ring (bicyclic) bond motifs is 2. The van der Waals surface area contributed by atoms with Crippen LogP contribution in [-0.4, -0.2) is 51.0 Å². The summed E-state index contributed by atoms with van der Waals surface area (Å²) in [5.41, 5.74) is -0.0464. The van der Waals surface area contributed by atoms with Crippen LogP contribution in [0.3, 0.4) is 0 Å².